The molecule has 0 saturated heterocycles. The molecule has 0 radical (unpaired) electrons. The molecular weight excluding hydrogens is 290 g/mol. The van der Waals surface area contributed by atoms with Crippen LogP contribution in [0.25, 0.3) is 0 Å². The van der Waals surface area contributed by atoms with Gasteiger partial charge in [0.2, 0.25) is 0 Å². The van der Waals surface area contributed by atoms with E-state index in [-0.39, 0.29) is 5.91 Å². The molecule has 0 aliphatic heterocycles. The van der Waals surface area contributed by atoms with Crippen molar-refractivity contribution in [1.82, 2.24) is 0 Å². The van der Waals surface area contributed by atoms with E-state index in [1.165, 1.54) is 35.3 Å². The van der Waals surface area contributed by atoms with Crippen molar-refractivity contribution in [2.24, 2.45) is 0 Å². The first-order chi connectivity index (χ1) is 10.7. The highest BCUT2D eigenvalue weighted by molar-refractivity contribution is 7.10. The van der Waals surface area contributed by atoms with Gasteiger partial charge in [-0.3, -0.25) is 4.79 Å². The lowest BCUT2D eigenvalue weighted by Gasteiger charge is -2.13. The van der Waals surface area contributed by atoms with E-state index in [1.54, 1.807) is 11.3 Å². The Hall–Kier alpha value is -1.61. The van der Waals surface area contributed by atoms with E-state index in [0.717, 1.165) is 36.1 Å². The molecule has 116 valence electrons. The molecule has 2 aromatic rings. The van der Waals surface area contributed by atoms with Crippen LogP contribution >= 0.6 is 11.3 Å². The number of para-hydroxylation sites is 1. The molecule has 1 aliphatic rings. The zero-order valence-corrected chi connectivity index (χ0v) is 14.2. The highest BCUT2D eigenvalue weighted by Gasteiger charge is 2.20. The molecule has 0 atom stereocenters. The highest BCUT2D eigenvalue weighted by Crippen LogP contribution is 2.30. The van der Waals surface area contributed by atoms with Gasteiger partial charge in [0.25, 0.3) is 5.91 Å². The minimum Gasteiger partial charge on any atom is -0.321 e. The zero-order chi connectivity index (χ0) is 15.5. The second-order valence-electron chi connectivity index (χ2n) is 6.03. The summed E-state index contributed by atoms with van der Waals surface area (Å²) in [5, 5.41) is 5.22. The standard InChI is InChI=1S/C19H23NOS/c1-3-14-9-7-8-13(2)18(14)20-19(21)16-12-22-17-11-6-4-5-10-15(16)17/h7-9,12H,3-6,10-11H2,1-2H3,(H,20,21). The number of anilines is 1. The van der Waals surface area contributed by atoms with E-state index < -0.39 is 0 Å². The first-order valence-corrected chi connectivity index (χ1v) is 9.07. The van der Waals surface area contributed by atoms with Gasteiger partial charge in [0.1, 0.15) is 0 Å². The van der Waals surface area contributed by atoms with E-state index >= 15 is 0 Å². The average molecular weight is 313 g/mol. The fourth-order valence-electron chi connectivity index (χ4n) is 3.24. The van der Waals surface area contributed by atoms with Crippen LogP contribution in [0, 0.1) is 6.92 Å². The second kappa shape index (κ2) is 6.66. The van der Waals surface area contributed by atoms with E-state index in [1.807, 2.05) is 0 Å². The van der Waals surface area contributed by atoms with Gasteiger partial charge in [-0.1, -0.05) is 31.5 Å². The van der Waals surface area contributed by atoms with Gasteiger partial charge >= 0.3 is 0 Å². The summed E-state index contributed by atoms with van der Waals surface area (Å²) >= 11 is 1.76. The number of hydrogen-bond donors (Lipinski definition) is 1. The molecule has 3 rings (SSSR count). The normalized spacial score (nSPS) is 14.3. The molecule has 1 aromatic carbocycles. The monoisotopic (exact) mass is 313 g/mol. The Morgan fingerprint density at radius 1 is 1.23 bits per heavy atom. The predicted octanol–water partition coefficient (Wildman–Crippen LogP) is 5.14. The van der Waals surface area contributed by atoms with Gasteiger partial charge in [-0.05, 0) is 55.7 Å². The van der Waals surface area contributed by atoms with Crippen LogP contribution in [-0.2, 0) is 19.3 Å². The van der Waals surface area contributed by atoms with Crippen LogP contribution in [0.3, 0.4) is 0 Å². The van der Waals surface area contributed by atoms with Crippen LogP contribution in [-0.4, -0.2) is 5.91 Å². The Balaban J connectivity index is 1.88. The predicted molar refractivity (Wildman–Crippen MR) is 94.1 cm³/mol. The molecule has 1 amide bonds. The molecule has 1 N–H and O–H groups in total. The van der Waals surface area contributed by atoms with Gasteiger partial charge in [-0.25, -0.2) is 0 Å². The fourth-order valence-corrected chi connectivity index (χ4v) is 4.37. The first-order valence-electron chi connectivity index (χ1n) is 8.19. The minimum atomic E-state index is 0.0587. The number of benzene rings is 1. The molecule has 0 spiro atoms. The summed E-state index contributed by atoms with van der Waals surface area (Å²) in [6, 6.07) is 6.21. The Bertz CT molecular complexity index is 687. The molecule has 22 heavy (non-hydrogen) atoms. The summed E-state index contributed by atoms with van der Waals surface area (Å²) in [6.07, 6.45) is 6.86. The van der Waals surface area contributed by atoms with Crippen molar-refractivity contribution >= 4 is 22.9 Å². The number of rotatable bonds is 3. The first kappa shape index (κ1) is 15.3. The van der Waals surface area contributed by atoms with Gasteiger partial charge in [0, 0.05) is 15.9 Å². The smallest absolute Gasteiger partial charge is 0.256 e. The summed E-state index contributed by atoms with van der Waals surface area (Å²) in [4.78, 5) is 14.2. The third-order valence-corrected chi connectivity index (χ3v) is 5.62. The van der Waals surface area contributed by atoms with Crippen molar-refractivity contribution < 1.29 is 4.79 Å². The zero-order valence-electron chi connectivity index (χ0n) is 13.4. The van der Waals surface area contributed by atoms with Gasteiger partial charge in [-0.15, -0.1) is 11.3 Å². The summed E-state index contributed by atoms with van der Waals surface area (Å²) in [5.74, 6) is 0.0587. The van der Waals surface area contributed by atoms with Crippen LogP contribution < -0.4 is 5.32 Å². The quantitative estimate of drug-likeness (QED) is 0.781. The highest BCUT2D eigenvalue weighted by atomic mass is 32.1. The summed E-state index contributed by atoms with van der Waals surface area (Å²) in [6.45, 7) is 4.18. The van der Waals surface area contributed by atoms with Gasteiger partial charge in [0.05, 0.1) is 5.56 Å². The van der Waals surface area contributed by atoms with Crippen LogP contribution in [0.1, 0.15) is 58.1 Å². The summed E-state index contributed by atoms with van der Waals surface area (Å²) < 4.78 is 0. The Morgan fingerprint density at radius 2 is 2.05 bits per heavy atom. The summed E-state index contributed by atoms with van der Waals surface area (Å²) in [5.41, 5.74) is 5.52. The lowest BCUT2D eigenvalue weighted by Crippen LogP contribution is -2.15. The maximum Gasteiger partial charge on any atom is 0.256 e. The van der Waals surface area contributed by atoms with Crippen molar-refractivity contribution in [3.05, 3.63) is 50.7 Å². The average Bonchev–Trinajstić information content (AvgIpc) is 2.78. The van der Waals surface area contributed by atoms with E-state index in [0.29, 0.717) is 0 Å². The van der Waals surface area contributed by atoms with Gasteiger partial charge in [-0.2, -0.15) is 0 Å². The number of hydrogen-bond acceptors (Lipinski definition) is 2. The van der Waals surface area contributed by atoms with E-state index in [2.05, 4.69) is 42.7 Å². The number of aryl methyl sites for hydroxylation is 3. The second-order valence-corrected chi connectivity index (χ2v) is 6.99. The SMILES string of the molecule is CCc1cccc(C)c1NC(=O)c1csc2c1CCCCC2. The molecule has 2 nitrogen and oxygen atoms in total. The summed E-state index contributed by atoms with van der Waals surface area (Å²) in [7, 11) is 0. The Kier molecular flexibility index (Phi) is 4.63. The molecule has 1 heterocycles. The minimum absolute atomic E-state index is 0.0587. The molecule has 0 fully saturated rings. The number of thiophene rings is 1. The molecule has 0 saturated carbocycles. The number of amides is 1. The molecule has 1 aromatic heterocycles. The maximum atomic E-state index is 12.8. The third-order valence-electron chi connectivity index (χ3n) is 4.53. The lowest BCUT2D eigenvalue weighted by molar-refractivity contribution is 0.102. The number of carbonyl (C=O) groups excluding carboxylic acids is 1. The Labute approximate surface area is 136 Å². The van der Waals surface area contributed by atoms with Crippen molar-refractivity contribution in [1.29, 1.82) is 0 Å². The van der Waals surface area contributed by atoms with Crippen molar-refractivity contribution in [2.45, 2.75) is 52.4 Å². The molecule has 0 unspecified atom stereocenters. The van der Waals surface area contributed by atoms with Crippen molar-refractivity contribution in [3.8, 4) is 0 Å². The molecule has 1 aliphatic carbocycles. The maximum absolute atomic E-state index is 12.8. The molecule has 0 bridgehead atoms. The fraction of sp³-hybridized carbons (Fsp3) is 0.421. The molecule has 3 heteroatoms. The number of fused-ring (bicyclic) bond motifs is 1. The van der Waals surface area contributed by atoms with Crippen molar-refractivity contribution in [2.75, 3.05) is 5.32 Å². The van der Waals surface area contributed by atoms with E-state index in [4.69, 9.17) is 0 Å². The molecular formula is C19H23NOS. The van der Waals surface area contributed by atoms with Crippen LogP contribution in [0.2, 0.25) is 0 Å². The van der Waals surface area contributed by atoms with Crippen LogP contribution in [0.15, 0.2) is 23.6 Å². The van der Waals surface area contributed by atoms with E-state index in [9.17, 15) is 4.79 Å². The van der Waals surface area contributed by atoms with Crippen LogP contribution in [0.4, 0.5) is 5.69 Å². The third kappa shape index (κ3) is 2.95. The van der Waals surface area contributed by atoms with Gasteiger partial charge < -0.3 is 5.32 Å². The van der Waals surface area contributed by atoms with Gasteiger partial charge in [0.15, 0.2) is 0 Å². The Morgan fingerprint density at radius 3 is 2.86 bits per heavy atom. The van der Waals surface area contributed by atoms with Crippen molar-refractivity contribution in [3.63, 3.8) is 0 Å². The lowest BCUT2D eigenvalue weighted by atomic mass is 10.0. The van der Waals surface area contributed by atoms with Crippen LogP contribution in [0.5, 0.6) is 0 Å². The number of carbonyl (C=O) groups is 1. The topological polar surface area (TPSA) is 29.1 Å². The number of nitrogens with one attached hydrogen (secondary N) is 1. The largest absolute Gasteiger partial charge is 0.321 e.